The molecule has 212 valence electrons. The molecule has 2 saturated heterocycles. The zero-order valence-electron chi connectivity index (χ0n) is 22.3. The highest BCUT2D eigenvalue weighted by molar-refractivity contribution is 7.89. The fraction of sp³-hybridized carbons (Fsp3) is 0.407. The van der Waals surface area contributed by atoms with Crippen molar-refractivity contribution in [2.24, 2.45) is 5.92 Å². The van der Waals surface area contributed by atoms with Crippen LogP contribution in [0.4, 0.5) is 0 Å². The average molecular weight is 571 g/mol. The number of ether oxygens (including phenoxy) is 1. The number of hydrogen-bond donors (Lipinski definition) is 1. The maximum Gasteiger partial charge on any atom is 0.323 e. The van der Waals surface area contributed by atoms with E-state index < -0.39 is 57.3 Å². The number of fused-ring (bicyclic) bond motifs is 2. The van der Waals surface area contributed by atoms with Gasteiger partial charge < -0.3 is 24.6 Å². The Balaban J connectivity index is 1.37. The molecule has 2 fully saturated rings. The quantitative estimate of drug-likeness (QED) is 0.316. The van der Waals surface area contributed by atoms with Crippen molar-refractivity contribution in [3.8, 4) is 5.75 Å². The summed E-state index contributed by atoms with van der Waals surface area (Å²) in [7, 11) is -2.75. The van der Waals surface area contributed by atoms with Crippen molar-refractivity contribution < 1.29 is 36.7 Å². The van der Waals surface area contributed by atoms with Crippen molar-refractivity contribution in [2.75, 3.05) is 20.2 Å². The summed E-state index contributed by atoms with van der Waals surface area (Å²) in [4.78, 5) is 41.4. The lowest BCUT2D eigenvalue weighted by Crippen LogP contribution is -2.53. The first-order valence-corrected chi connectivity index (χ1v) is 14.4. The molecule has 3 atom stereocenters. The lowest BCUT2D eigenvalue weighted by molar-refractivity contribution is -0.646. The zero-order valence-corrected chi connectivity index (χ0v) is 23.1. The van der Waals surface area contributed by atoms with Crippen LogP contribution in [0.5, 0.6) is 5.75 Å². The number of hydrogen-bond acceptors (Lipinski definition) is 8. The summed E-state index contributed by atoms with van der Waals surface area (Å²) >= 11 is 0. The highest BCUT2D eigenvalue weighted by Gasteiger charge is 2.55. The van der Waals surface area contributed by atoms with Gasteiger partial charge in [0, 0.05) is 24.1 Å². The van der Waals surface area contributed by atoms with Gasteiger partial charge in [0.25, 0.3) is 5.91 Å². The number of sulfonamides is 1. The van der Waals surface area contributed by atoms with Crippen LogP contribution >= 0.6 is 0 Å². The third-order valence-corrected chi connectivity index (χ3v) is 9.14. The molecule has 13 heteroatoms. The molecule has 1 aromatic carbocycles. The first kappa shape index (κ1) is 27.6. The van der Waals surface area contributed by atoms with Crippen LogP contribution in [0, 0.1) is 11.1 Å². The number of aromatic nitrogens is 1. The number of nitrogens with zero attached hydrogens (tertiary/aromatic N) is 3. The number of likely N-dealkylation sites (tertiary alicyclic amines) is 1. The van der Waals surface area contributed by atoms with Crippen LogP contribution in [0.15, 0.2) is 58.1 Å². The van der Waals surface area contributed by atoms with E-state index in [1.54, 1.807) is 24.3 Å². The van der Waals surface area contributed by atoms with Crippen molar-refractivity contribution in [3.63, 3.8) is 0 Å². The molecule has 1 N–H and O–H groups in total. The molecule has 0 radical (unpaired) electrons. The molecule has 3 unspecified atom stereocenters. The van der Waals surface area contributed by atoms with Crippen LogP contribution in [0.25, 0.3) is 11.0 Å². The Labute approximate surface area is 231 Å². The Kier molecular flexibility index (Phi) is 7.27. The van der Waals surface area contributed by atoms with Crippen molar-refractivity contribution in [1.29, 1.82) is 0 Å². The molecular formula is C27H30N4O8S. The van der Waals surface area contributed by atoms with Crippen molar-refractivity contribution in [1.82, 2.24) is 14.5 Å². The Morgan fingerprint density at radius 3 is 2.70 bits per heavy atom. The Hall–Kier alpha value is -3.97. The predicted molar refractivity (Wildman–Crippen MR) is 142 cm³/mol. The van der Waals surface area contributed by atoms with E-state index in [1.165, 1.54) is 30.2 Å². The number of Topliss-reactive ketones (excluding diaryl/α,β-unsaturated/α-hetero) is 1. The number of ketones is 1. The molecule has 2 aliphatic rings. The van der Waals surface area contributed by atoms with Gasteiger partial charge in [-0.2, -0.15) is 9.04 Å². The number of carbonyl (C=O) groups excluding carboxylic acids is 3. The number of methoxy groups -OCH3 is 1. The number of amides is 2. The van der Waals surface area contributed by atoms with E-state index in [0.717, 1.165) is 10.5 Å². The minimum absolute atomic E-state index is 0.0205. The normalized spacial score (nSPS) is 20.2. The molecule has 0 aliphatic carbocycles. The number of benzene rings is 1. The van der Waals surface area contributed by atoms with E-state index in [1.807, 2.05) is 13.8 Å². The molecule has 3 aromatic rings. The van der Waals surface area contributed by atoms with Gasteiger partial charge in [-0.3, -0.25) is 14.4 Å². The molecule has 2 aliphatic heterocycles. The SMILES string of the molecule is COc1ccc2oc(C(=O)NC(CC(C)C)C(=O)N3CCC4C3C(=O)CN4S(=O)(=O)c3cccc[n+]3[O-])cc2c1. The summed E-state index contributed by atoms with van der Waals surface area (Å²) in [5, 5.41) is 15.1. The second kappa shape index (κ2) is 10.5. The zero-order chi connectivity index (χ0) is 28.8. The summed E-state index contributed by atoms with van der Waals surface area (Å²) in [6.07, 6.45) is 1.59. The second-order valence-corrected chi connectivity index (χ2v) is 12.2. The molecule has 0 spiro atoms. The Morgan fingerprint density at radius 1 is 1.23 bits per heavy atom. The average Bonchev–Trinajstić information content (AvgIpc) is 3.62. The summed E-state index contributed by atoms with van der Waals surface area (Å²) < 4.78 is 38.7. The van der Waals surface area contributed by atoms with Gasteiger partial charge in [-0.1, -0.05) is 13.8 Å². The highest BCUT2D eigenvalue weighted by Crippen LogP contribution is 2.34. The number of carbonyl (C=O) groups is 3. The molecule has 4 heterocycles. The molecular weight excluding hydrogens is 540 g/mol. The van der Waals surface area contributed by atoms with Gasteiger partial charge in [0.1, 0.15) is 23.4 Å². The van der Waals surface area contributed by atoms with Gasteiger partial charge in [0.15, 0.2) is 17.7 Å². The third-order valence-electron chi connectivity index (χ3n) is 7.28. The smallest absolute Gasteiger partial charge is 0.323 e. The van der Waals surface area contributed by atoms with Crippen molar-refractivity contribution >= 4 is 38.6 Å². The van der Waals surface area contributed by atoms with Crippen molar-refractivity contribution in [2.45, 2.75) is 49.8 Å². The van der Waals surface area contributed by atoms with Gasteiger partial charge >= 0.3 is 15.0 Å². The van der Waals surface area contributed by atoms with Crippen molar-refractivity contribution in [3.05, 3.63) is 59.6 Å². The monoisotopic (exact) mass is 570 g/mol. The first-order valence-electron chi connectivity index (χ1n) is 12.9. The van der Waals surface area contributed by atoms with Crippen LogP contribution in [0.1, 0.15) is 37.2 Å². The van der Waals surface area contributed by atoms with Crippen LogP contribution in [0.3, 0.4) is 0 Å². The van der Waals surface area contributed by atoms with E-state index in [4.69, 9.17) is 9.15 Å². The van der Waals surface area contributed by atoms with Gasteiger partial charge in [-0.05, 0) is 49.1 Å². The third kappa shape index (κ3) is 4.90. The van der Waals surface area contributed by atoms with Gasteiger partial charge in [0.2, 0.25) is 5.91 Å². The summed E-state index contributed by atoms with van der Waals surface area (Å²) in [5.74, 6) is -0.851. The van der Waals surface area contributed by atoms with Crippen LogP contribution in [0.2, 0.25) is 0 Å². The predicted octanol–water partition coefficient (Wildman–Crippen LogP) is 1.46. The van der Waals surface area contributed by atoms with E-state index in [0.29, 0.717) is 23.1 Å². The number of rotatable bonds is 8. The van der Waals surface area contributed by atoms with E-state index >= 15 is 0 Å². The minimum Gasteiger partial charge on any atom is -0.618 e. The largest absolute Gasteiger partial charge is 0.618 e. The van der Waals surface area contributed by atoms with Crippen LogP contribution in [-0.4, -0.2) is 73.5 Å². The highest BCUT2D eigenvalue weighted by atomic mass is 32.2. The summed E-state index contributed by atoms with van der Waals surface area (Å²) in [6.45, 7) is 3.49. The topological polar surface area (TPSA) is 153 Å². The molecule has 2 amide bonds. The lowest BCUT2D eigenvalue weighted by atomic mass is 10.0. The molecule has 0 bridgehead atoms. The Bertz CT molecular complexity index is 1580. The summed E-state index contributed by atoms with van der Waals surface area (Å²) in [6, 6.07) is 7.92. The van der Waals surface area contributed by atoms with E-state index in [9.17, 15) is 28.0 Å². The maximum atomic E-state index is 13.8. The van der Waals surface area contributed by atoms with Gasteiger partial charge in [-0.25, -0.2) is 8.42 Å². The molecule has 2 aromatic heterocycles. The minimum atomic E-state index is -4.28. The Morgan fingerprint density at radius 2 is 2.00 bits per heavy atom. The standard InChI is InChI=1S/C27H30N4O8S/c1-16(2)12-19(28-26(33)23-14-17-13-18(38-3)7-8-22(17)39-23)27(34)29-11-9-20-25(29)21(32)15-31(20)40(36,37)24-6-4-5-10-30(24)35/h4-8,10,13-14,16,19-20,25H,9,11-12,15H2,1-3H3,(H,28,33). The van der Waals surface area contributed by atoms with E-state index in [2.05, 4.69) is 5.32 Å². The number of furan rings is 1. The lowest BCUT2D eigenvalue weighted by Gasteiger charge is -2.28. The fourth-order valence-electron chi connectivity index (χ4n) is 5.46. The second-order valence-electron chi connectivity index (χ2n) is 10.4. The molecule has 12 nitrogen and oxygen atoms in total. The summed E-state index contributed by atoms with van der Waals surface area (Å²) in [5.41, 5.74) is 0.482. The fourth-order valence-corrected chi connectivity index (χ4v) is 7.11. The van der Waals surface area contributed by atoms with Gasteiger partial charge in [0.05, 0.1) is 19.7 Å². The van der Waals surface area contributed by atoms with Crippen LogP contribution < -0.4 is 14.8 Å². The number of nitrogens with one attached hydrogen (secondary N) is 1. The van der Waals surface area contributed by atoms with Gasteiger partial charge in [-0.15, -0.1) is 0 Å². The number of pyridine rings is 1. The molecule has 40 heavy (non-hydrogen) atoms. The maximum absolute atomic E-state index is 13.8. The molecule has 0 saturated carbocycles. The van der Waals surface area contributed by atoms with Crippen LogP contribution in [-0.2, 0) is 19.6 Å². The van der Waals surface area contributed by atoms with E-state index in [-0.39, 0.29) is 29.4 Å². The first-order chi connectivity index (χ1) is 19.0. The molecule has 5 rings (SSSR count).